The number of halogens is 1. The number of benzene rings is 1. The molecule has 2 nitrogen and oxygen atoms in total. The van der Waals surface area contributed by atoms with E-state index in [4.69, 9.17) is 16.3 Å². The molecular weight excluding hydrogens is 325 g/mol. The first-order valence-corrected chi connectivity index (χ1v) is 10.3. The van der Waals surface area contributed by atoms with E-state index >= 15 is 0 Å². The predicted octanol–water partition coefficient (Wildman–Crippen LogP) is 3.94. The Morgan fingerprint density at radius 1 is 1.44 bits per heavy atom. The summed E-state index contributed by atoms with van der Waals surface area (Å²) in [6.45, 7) is 3.05. The minimum atomic E-state index is -2.10. The van der Waals surface area contributed by atoms with Crippen LogP contribution in [0, 0.1) is 0 Å². The number of rotatable bonds is 6. The van der Waals surface area contributed by atoms with Gasteiger partial charge in [0.2, 0.25) is 0 Å². The molecule has 0 amide bonds. The Morgan fingerprint density at radius 2 is 2.06 bits per heavy atom. The summed E-state index contributed by atoms with van der Waals surface area (Å²) in [5, 5.41) is 1.09. The first kappa shape index (κ1) is 14.7. The van der Waals surface area contributed by atoms with Gasteiger partial charge in [-0.15, -0.1) is 0 Å². The van der Waals surface area contributed by atoms with Crippen LogP contribution in [-0.2, 0) is 16.3 Å². The van der Waals surface area contributed by atoms with Gasteiger partial charge in [0.15, 0.2) is 6.42 Å². The van der Waals surface area contributed by atoms with Crippen LogP contribution in [0.1, 0.15) is 13.3 Å². The first-order chi connectivity index (χ1) is 7.69. The van der Waals surface area contributed by atoms with Gasteiger partial charge in [-0.25, -0.2) is 0 Å². The van der Waals surface area contributed by atoms with Gasteiger partial charge in [-0.2, -0.15) is 4.08 Å². The van der Waals surface area contributed by atoms with Gasteiger partial charge >= 0.3 is 0 Å². The van der Waals surface area contributed by atoms with Crippen LogP contribution < -0.4 is 5.30 Å². The number of hydrogen-bond acceptors (Lipinski definition) is 3. The third-order valence-corrected chi connectivity index (χ3v) is 9.33. The van der Waals surface area contributed by atoms with Crippen LogP contribution >= 0.6 is 31.6 Å². The second-order valence-electron chi connectivity index (χ2n) is 3.18. The Hall–Kier alpha value is 0.620. The summed E-state index contributed by atoms with van der Waals surface area (Å²) in [5.74, 6) is 0. The Kier molecular flexibility index (Phi) is 6.55. The SMILES string of the molecule is CCCN(SBr)P(=S)(OC)c1ccccc1. The standard InChI is InChI=1S/C10H15BrNOPS2/c1-3-9-12(16-11)14(15,13-2)10-7-5-4-6-8-10/h4-8H,3,9H2,1-2H3. The fourth-order valence-corrected chi connectivity index (χ4v) is 7.82. The predicted molar refractivity (Wildman–Crippen MR) is 80.9 cm³/mol. The first-order valence-electron chi connectivity index (χ1n) is 4.97. The molecule has 0 spiro atoms. The second kappa shape index (κ2) is 7.14. The molecule has 0 aliphatic heterocycles. The van der Waals surface area contributed by atoms with E-state index in [-0.39, 0.29) is 0 Å². The zero-order chi connectivity index (χ0) is 12.0. The maximum atomic E-state index is 5.72. The molecule has 0 heterocycles. The topological polar surface area (TPSA) is 12.5 Å². The van der Waals surface area contributed by atoms with Crippen LogP contribution in [0.4, 0.5) is 0 Å². The van der Waals surface area contributed by atoms with Gasteiger partial charge in [0.05, 0.1) is 0 Å². The molecule has 0 N–H and O–H groups in total. The van der Waals surface area contributed by atoms with Crippen molar-refractivity contribution in [2.24, 2.45) is 0 Å². The zero-order valence-electron chi connectivity index (χ0n) is 9.30. The lowest BCUT2D eigenvalue weighted by Gasteiger charge is -2.30. The molecule has 6 heteroatoms. The largest absolute Gasteiger partial charge is 0.337 e. The maximum Gasteiger partial charge on any atom is 0.171 e. The van der Waals surface area contributed by atoms with Crippen molar-refractivity contribution < 1.29 is 4.52 Å². The Morgan fingerprint density at radius 3 is 2.50 bits per heavy atom. The number of hydrogen-bond donors (Lipinski definition) is 0. The van der Waals surface area contributed by atoms with Crippen molar-refractivity contribution in [2.45, 2.75) is 13.3 Å². The van der Waals surface area contributed by atoms with Gasteiger partial charge in [-0.3, -0.25) is 0 Å². The summed E-state index contributed by atoms with van der Waals surface area (Å²) in [6.07, 6.45) is -1.05. The van der Waals surface area contributed by atoms with Crippen molar-refractivity contribution in [1.29, 1.82) is 0 Å². The molecular formula is C10H15BrNOPS2. The fourth-order valence-electron chi connectivity index (χ4n) is 1.34. The zero-order valence-corrected chi connectivity index (χ0v) is 13.4. The molecule has 0 aliphatic rings. The molecule has 1 atom stereocenters. The molecule has 0 radical (unpaired) electrons. The molecule has 0 bridgehead atoms. The molecule has 1 aromatic rings. The van der Waals surface area contributed by atoms with E-state index in [9.17, 15) is 0 Å². The van der Waals surface area contributed by atoms with E-state index in [0.717, 1.165) is 18.3 Å². The van der Waals surface area contributed by atoms with E-state index in [1.165, 1.54) is 10.4 Å². The lowest BCUT2D eigenvalue weighted by Crippen LogP contribution is -2.20. The van der Waals surface area contributed by atoms with Crippen LogP contribution in [-0.4, -0.2) is 17.7 Å². The minimum absolute atomic E-state index is 0.913. The van der Waals surface area contributed by atoms with Crippen LogP contribution in [0.25, 0.3) is 0 Å². The number of nitrogens with zero attached hydrogens (tertiary/aromatic N) is 1. The van der Waals surface area contributed by atoms with Gasteiger partial charge in [-0.05, 0) is 18.2 Å². The molecule has 0 saturated heterocycles. The maximum absolute atomic E-state index is 5.72. The third kappa shape index (κ3) is 3.31. The van der Waals surface area contributed by atoms with Crippen LogP contribution in [0.15, 0.2) is 30.3 Å². The second-order valence-corrected chi connectivity index (χ2v) is 8.79. The average Bonchev–Trinajstić information content (AvgIpc) is 2.36. The highest BCUT2D eigenvalue weighted by Crippen LogP contribution is 2.54. The van der Waals surface area contributed by atoms with E-state index < -0.39 is 6.42 Å². The van der Waals surface area contributed by atoms with E-state index in [2.05, 4.69) is 25.8 Å². The van der Waals surface area contributed by atoms with Gasteiger partial charge in [0, 0.05) is 44.2 Å². The summed E-state index contributed by atoms with van der Waals surface area (Å²) in [6, 6.07) is 10.1. The van der Waals surface area contributed by atoms with Crippen molar-refractivity contribution in [2.75, 3.05) is 13.7 Å². The van der Waals surface area contributed by atoms with Gasteiger partial charge in [-0.1, -0.05) is 37.3 Å². The third-order valence-electron chi connectivity index (χ3n) is 2.12. The van der Waals surface area contributed by atoms with Crippen LogP contribution in [0.5, 0.6) is 0 Å². The molecule has 16 heavy (non-hydrogen) atoms. The summed E-state index contributed by atoms with van der Waals surface area (Å²) >= 11 is 9.13. The monoisotopic (exact) mass is 339 g/mol. The summed E-state index contributed by atoms with van der Waals surface area (Å²) in [7, 11) is 3.18. The van der Waals surface area contributed by atoms with Crippen molar-refractivity contribution in [1.82, 2.24) is 4.08 Å². The summed E-state index contributed by atoms with van der Waals surface area (Å²) in [5.41, 5.74) is 0. The van der Waals surface area contributed by atoms with Crippen molar-refractivity contribution in [3.8, 4) is 0 Å². The van der Waals surface area contributed by atoms with Gasteiger partial charge < -0.3 is 4.52 Å². The normalized spacial score (nSPS) is 15.0. The molecule has 1 unspecified atom stereocenters. The van der Waals surface area contributed by atoms with E-state index in [1.807, 2.05) is 30.3 Å². The Balaban J connectivity index is 3.05. The van der Waals surface area contributed by atoms with Crippen LogP contribution in [0.3, 0.4) is 0 Å². The quantitative estimate of drug-likeness (QED) is 0.574. The highest BCUT2D eigenvalue weighted by Gasteiger charge is 2.27. The van der Waals surface area contributed by atoms with Crippen LogP contribution in [0.2, 0.25) is 0 Å². The minimum Gasteiger partial charge on any atom is -0.337 e. The molecule has 0 aromatic heterocycles. The Labute approximate surface area is 114 Å². The molecule has 0 saturated carbocycles. The summed E-state index contributed by atoms with van der Waals surface area (Å²) < 4.78 is 7.75. The smallest absolute Gasteiger partial charge is 0.171 e. The molecule has 0 aliphatic carbocycles. The Bertz CT molecular complexity index is 363. The molecule has 90 valence electrons. The summed E-state index contributed by atoms with van der Waals surface area (Å²) in [4.78, 5) is 0. The lowest BCUT2D eigenvalue weighted by molar-refractivity contribution is 0.436. The lowest BCUT2D eigenvalue weighted by atomic mass is 10.4. The van der Waals surface area contributed by atoms with E-state index in [1.54, 1.807) is 7.11 Å². The van der Waals surface area contributed by atoms with Crippen molar-refractivity contribution in [3.63, 3.8) is 0 Å². The molecule has 0 fully saturated rings. The molecule has 1 rings (SSSR count). The average molecular weight is 340 g/mol. The van der Waals surface area contributed by atoms with Gasteiger partial charge in [0.25, 0.3) is 0 Å². The fraction of sp³-hybridized carbons (Fsp3) is 0.400. The highest BCUT2D eigenvalue weighted by molar-refractivity contribution is 9.50. The van der Waals surface area contributed by atoms with Crippen molar-refractivity contribution >= 4 is 48.7 Å². The molecule has 1 aromatic carbocycles. The van der Waals surface area contributed by atoms with E-state index in [0.29, 0.717) is 0 Å². The van der Waals surface area contributed by atoms with Gasteiger partial charge in [0.1, 0.15) is 0 Å². The highest BCUT2D eigenvalue weighted by atomic mass is 79.9. The van der Waals surface area contributed by atoms with Crippen molar-refractivity contribution in [3.05, 3.63) is 30.3 Å².